The molecule has 0 heterocycles. The highest BCUT2D eigenvalue weighted by molar-refractivity contribution is 5.80. The molecule has 0 N–H and O–H groups in total. The van der Waals surface area contributed by atoms with Crippen molar-refractivity contribution >= 4 is 5.91 Å². The van der Waals surface area contributed by atoms with E-state index in [0.29, 0.717) is 24.5 Å². The predicted octanol–water partition coefficient (Wildman–Crippen LogP) is 3.20. The zero-order valence-electron chi connectivity index (χ0n) is 14.2. The first-order valence-electron chi connectivity index (χ1n) is 7.26. The summed E-state index contributed by atoms with van der Waals surface area (Å²) < 4.78 is 10.6. The zero-order valence-corrected chi connectivity index (χ0v) is 14.2. The minimum Gasteiger partial charge on any atom is -0.493 e. The van der Waals surface area contributed by atoms with Crippen molar-refractivity contribution in [3.05, 3.63) is 23.3 Å². The molecular formula is C17H27NO3. The van der Waals surface area contributed by atoms with E-state index in [1.54, 1.807) is 14.2 Å². The Morgan fingerprint density at radius 3 is 2.10 bits per heavy atom. The molecule has 0 aliphatic carbocycles. The van der Waals surface area contributed by atoms with Crippen molar-refractivity contribution in [1.82, 2.24) is 4.90 Å². The van der Waals surface area contributed by atoms with Gasteiger partial charge in [0.25, 0.3) is 0 Å². The van der Waals surface area contributed by atoms with Gasteiger partial charge in [0.15, 0.2) is 11.5 Å². The van der Waals surface area contributed by atoms with Gasteiger partial charge < -0.3 is 14.4 Å². The van der Waals surface area contributed by atoms with Crippen molar-refractivity contribution in [2.45, 2.75) is 46.6 Å². The summed E-state index contributed by atoms with van der Waals surface area (Å²) >= 11 is 0. The first-order valence-corrected chi connectivity index (χ1v) is 7.26. The van der Waals surface area contributed by atoms with E-state index < -0.39 is 0 Å². The van der Waals surface area contributed by atoms with Gasteiger partial charge >= 0.3 is 0 Å². The van der Waals surface area contributed by atoms with E-state index in [1.165, 1.54) is 0 Å². The number of benzene rings is 1. The van der Waals surface area contributed by atoms with Crippen LogP contribution in [0.25, 0.3) is 0 Å². The second-order valence-electron chi connectivity index (χ2n) is 6.12. The molecule has 4 heteroatoms. The number of aryl methyl sites for hydroxylation is 1. The molecule has 0 unspecified atom stereocenters. The molecule has 0 fully saturated rings. The molecule has 4 nitrogen and oxygen atoms in total. The second kappa shape index (κ2) is 6.83. The largest absolute Gasteiger partial charge is 0.493 e. The molecule has 1 amide bonds. The lowest BCUT2D eigenvalue weighted by molar-refractivity contribution is -0.134. The average Bonchev–Trinajstić information content (AvgIpc) is 2.39. The summed E-state index contributed by atoms with van der Waals surface area (Å²) in [7, 11) is 3.22. The van der Waals surface area contributed by atoms with E-state index in [1.807, 2.05) is 30.9 Å². The molecule has 0 aliphatic rings. The monoisotopic (exact) mass is 293 g/mol. The molecule has 0 spiro atoms. The lowest BCUT2D eigenvalue weighted by atomic mass is 10.0. The van der Waals surface area contributed by atoms with Crippen molar-refractivity contribution in [1.29, 1.82) is 0 Å². The van der Waals surface area contributed by atoms with Gasteiger partial charge in [-0.3, -0.25) is 4.79 Å². The van der Waals surface area contributed by atoms with Crippen molar-refractivity contribution in [2.75, 3.05) is 20.8 Å². The third-order valence-corrected chi connectivity index (χ3v) is 3.61. The minimum absolute atomic E-state index is 0.125. The molecule has 21 heavy (non-hydrogen) atoms. The molecule has 0 aliphatic heterocycles. The number of amides is 1. The summed E-state index contributed by atoms with van der Waals surface area (Å²) in [6, 6.07) is 3.80. The Kier molecular flexibility index (Phi) is 5.64. The lowest BCUT2D eigenvalue weighted by Gasteiger charge is -2.35. The lowest BCUT2D eigenvalue weighted by Crippen LogP contribution is -2.46. The van der Waals surface area contributed by atoms with Crippen molar-refractivity contribution in [3.8, 4) is 11.5 Å². The van der Waals surface area contributed by atoms with E-state index in [4.69, 9.17) is 9.47 Å². The number of carbonyl (C=O) groups is 1. The van der Waals surface area contributed by atoms with Gasteiger partial charge in [-0.1, -0.05) is 0 Å². The summed E-state index contributed by atoms with van der Waals surface area (Å²) in [4.78, 5) is 14.4. The maximum absolute atomic E-state index is 12.6. The normalized spacial score (nSPS) is 11.2. The minimum atomic E-state index is -0.170. The highest BCUT2D eigenvalue weighted by Gasteiger charge is 2.25. The number of ether oxygens (including phenoxy) is 2. The van der Waals surface area contributed by atoms with Crippen LogP contribution in [0.3, 0.4) is 0 Å². The first-order chi connectivity index (χ1) is 9.74. The number of methoxy groups -OCH3 is 2. The number of nitrogens with zero attached hydrogens (tertiary/aromatic N) is 1. The SMILES string of the molecule is CCN(C(=O)Cc1cc(OC)c(OC)cc1C)C(C)(C)C. The molecule has 0 radical (unpaired) electrons. The number of likely N-dealkylation sites (N-methyl/N-ethyl adjacent to an activating group) is 1. The quantitative estimate of drug-likeness (QED) is 0.837. The Balaban J connectivity index is 3.05. The Morgan fingerprint density at radius 2 is 1.67 bits per heavy atom. The average molecular weight is 293 g/mol. The van der Waals surface area contributed by atoms with Gasteiger partial charge in [-0.05, 0) is 57.9 Å². The van der Waals surface area contributed by atoms with Gasteiger partial charge in [0, 0.05) is 12.1 Å². The molecule has 0 saturated carbocycles. The fourth-order valence-corrected chi connectivity index (χ4v) is 2.50. The fourth-order valence-electron chi connectivity index (χ4n) is 2.50. The molecule has 0 saturated heterocycles. The van der Waals surface area contributed by atoms with Crippen LogP contribution in [-0.4, -0.2) is 37.1 Å². The van der Waals surface area contributed by atoms with Crippen LogP contribution < -0.4 is 9.47 Å². The van der Waals surface area contributed by atoms with Crippen LogP contribution in [0.2, 0.25) is 0 Å². The van der Waals surface area contributed by atoms with E-state index in [-0.39, 0.29) is 11.4 Å². The third kappa shape index (κ3) is 4.13. The first kappa shape index (κ1) is 17.3. The van der Waals surface area contributed by atoms with E-state index in [9.17, 15) is 4.79 Å². The zero-order chi connectivity index (χ0) is 16.2. The van der Waals surface area contributed by atoms with Crippen molar-refractivity contribution in [3.63, 3.8) is 0 Å². The molecular weight excluding hydrogens is 266 g/mol. The van der Waals surface area contributed by atoms with E-state index in [0.717, 1.165) is 11.1 Å². The third-order valence-electron chi connectivity index (χ3n) is 3.61. The smallest absolute Gasteiger partial charge is 0.227 e. The van der Waals surface area contributed by atoms with Crippen molar-refractivity contribution in [2.24, 2.45) is 0 Å². The Morgan fingerprint density at radius 1 is 1.14 bits per heavy atom. The topological polar surface area (TPSA) is 38.8 Å². The number of carbonyl (C=O) groups excluding carboxylic acids is 1. The van der Waals surface area contributed by atoms with Crippen LogP contribution in [0.15, 0.2) is 12.1 Å². The highest BCUT2D eigenvalue weighted by Crippen LogP contribution is 2.31. The van der Waals surface area contributed by atoms with Crippen LogP contribution in [-0.2, 0) is 11.2 Å². The summed E-state index contributed by atoms with van der Waals surface area (Å²) in [6.07, 6.45) is 0.372. The standard InChI is InChI=1S/C17H27NO3/c1-8-18(17(3,4)5)16(19)11-13-10-15(21-7)14(20-6)9-12(13)2/h9-10H,8,11H2,1-7H3. The van der Waals surface area contributed by atoms with Gasteiger partial charge in [-0.2, -0.15) is 0 Å². The Labute approximate surface area is 128 Å². The van der Waals surface area contributed by atoms with Gasteiger partial charge in [0.2, 0.25) is 5.91 Å². The molecule has 1 aromatic rings. The highest BCUT2D eigenvalue weighted by atomic mass is 16.5. The van der Waals surface area contributed by atoms with Crippen LogP contribution in [0.4, 0.5) is 0 Å². The predicted molar refractivity (Wildman–Crippen MR) is 85.1 cm³/mol. The summed E-state index contributed by atoms with van der Waals surface area (Å²) in [5, 5.41) is 0. The molecule has 0 bridgehead atoms. The summed E-state index contributed by atoms with van der Waals surface area (Å²) in [6.45, 7) is 10.8. The van der Waals surface area contributed by atoms with E-state index in [2.05, 4.69) is 20.8 Å². The van der Waals surface area contributed by atoms with Gasteiger partial charge in [0.05, 0.1) is 20.6 Å². The summed E-state index contributed by atoms with van der Waals surface area (Å²) in [5.41, 5.74) is 1.84. The Hall–Kier alpha value is -1.71. The van der Waals surface area contributed by atoms with Crippen LogP contribution in [0.1, 0.15) is 38.8 Å². The van der Waals surface area contributed by atoms with Gasteiger partial charge in [0.1, 0.15) is 0 Å². The maximum Gasteiger partial charge on any atom is 0.227 e. The second-order valence-corrected chi connectivity index (χ2v) is 6.12. The molecule has 1 aromatic carbocycles. The number of hydrogen-bond donors (Lipinski definition) is 0. The van der Waals surface area contributed by atoms with Crippen LogP contribution >= 0.6 is 0 Å². The summed E-state index contributed by atoms with van der Waals surface area (Å²) in [5.74, 6) is 1.47. The fraction of sp³-hybridized carbons (Fsp3) is 0.588. The number of rotatable bonds is 5. The molecule has 0 atom stereocenters. The van der Waals surface area contributed by atoms with E-state index >= 15 is 0 Å². The molecule has 118 valence electrons. The van der Waals surface area contributed by atoms with Gasteiger partial charge in [-0.25, -0.2) is 0 Å². The number of hydrogen-bond acceptors (Lipinski definition) is 3. The van der Waals surface area contributed by atoms with Crippen LogP contribution in [0, 0.1) is 6.92 Å². The molecule has 0 aromatic heterocycles. The van der Waals surface area contributed by atoms with Gasteiger partial charge in [-0.15, -0.1) is 0 Å². The molecule has 1 rings (SSSR count). The van der Waals surface area contributed by atoms with Crippen LogP contribution in [0.5, 0.6) is 11.5 Å². The maximum atomic E-state index is 12.6. The van der Waals surface area contributed by atoms with Crippen molar-refractivity contribution < 1.29 is 14.3 Å². The Bertz CT molecular complexity index is 503.